The monoisotopic (exact) mass is 219 g/mol. The van der Waals surface area contributed by atoms with E-state index < -0.39 is 18.6 Å². The molecule has 1 fully saturated rings. The number of rotatable bonds is 4. The van der Waals surface area contributed by atoms with Gasteiger partial charge >= 0.3 is 12.0 Å². The van der Waals surface area contributed by atoms with E-state index in [-0.39, 0.29) is 0 Å². The summed E-state index contributed by atoms with van der Waals surface area (Å²) in [7, 11) is 0. The summed E-state index contributed by atoms with van der Waals surface area (Å²) < 4.78 is 5.07. The number of hydroxylamine groups is 1. The Bertz CT molecular complexity index is 229. The fraction of sp³-hybridized carbons (Fsp3) is 0.714. The number of amides is 2. The Labute approximate surface area is 86.1 Å². The van der Waals surface area contributed by atoms with Gasteiger partial charge in [0.1, 0.15) is 0 Å². The molecule has 0 aromatic rings. The largest absolute Gasteiger partial charge is 0.479 e. The standard InChI is InChI=1S/C7H13N3O5/c11-6(12)5-15-9-7(13)8-10-1-3-14-4-2-10/h1-5H2,(H,11,12)(H2,8,9,13). The fourth-order valence-electron chi connectivity index (χ4n) is 1.00. The number of carboxylic acid groups (broad SMARTS) is 1. The van der Waals surface area contributed by atoms with E-state index in [2.05, 4.69) is 10.3 Å². The zero-order chi connectivity index (χ0) is 11.1. The summed E-state index contributed by atoms with van der Waals surface area (Å²) in [6.45, 7) is 1.71. The Morgan fingerprint density at radius 2 is 2.07 bits per heavy atom. The van der Waals surface area contributed by atoms with Gasteiger partial charge < -0.3 is 9.84 Å². The highest BCUT2D eigenvalue weighted by atomic mass is 16.7. The maximum atomic E-state index is 11.1. The highest BCUT2D eigenvalue weighted by Gasteiger charge is 2.12. The maximum absolute atomic E-state index is 11.1. The van der Waals surface area contributed by atoms with Gasteiger partial charge in [-0.15, -0.1) is 0 Å². The third-order valence-electron chi connectivity index (χ3n) is 1.63. The van der Waals surface area contributed by atoms with E-state index in [4.69, 9.17) is 9.84 Å². The molecule has 0 aromatic carbocycles. The topological polar surface area (TPSA) is 100 Å². The number of carbonyl (C=O) groups excluding carboxylic acids is 1. The van der Waals surface area contributed by atoms with Crippen LogP contribution in [0.1, 0.15) is 0 Å². The molecule has 0 aromatic heterocycles. The van der Waals surface area contributed by atoms with Crippen molar-refractivity contribution in [3.8, 4) is 0 Å². The number of aliphatic carboxylic acids is 1. The molecule has 0 aliphatic carbocycles. The second kappa shape index (κ2) is 6.17. The van der Waals surface area contributed by atoms with Crippen LogP contribution in [-0.2, 0) is 14.4 Å². The second-order valence-electron chi connectivity index (χ2n) is 2.82. The zero-order valence-electron chi connectivity index (χ0n) is 8.06. The predicted octanol–water partition coefficient (Wildman–Crippen LogP) is -1.45. The molecule has 2 amide bonds. The van der Waals surface area contributed by atoms with Crippen molar-refractivity contribution in [1.82, 2.24) is 15.9 Å². The maximum Gasteiger partial charge on any atom is 0.353 e. The molecule has 15 heavy (non-hydrogen) atoms. The van der Waals surface area contributed by atoms with Crippen molar-refractivity contribution >= 4 is 12.0 Å². The Morgan fingerprint density at radius 3 is 2.67 bits per heavy atom. The van der Waals surface area contributed by atoms with Crippen LogP contribution in [0.3, 0.4) is 0 Å². The summed E-state index contributed by atoms with van der Waals surface area (Å²) in [5.74, 6) is -1.15. The molecular formula is C7H13N3O5. The van der Waals surface area contributed by atoms with E-state index in [1.54, 1.807) is 5.01 Å². The minimum absolute atomic E-state index is 0.552. The molecule has 1 heterocycles. The normalized spacial score (nSPS) is 17.1. The van der Waals surface area contributed by atoms with Crippen LogP contribution >= 0.6 is 0 Å². The first-order chi connectivity index (χ1) is 7.18. The van der Waals surface area contributed by atoms with Crippen molar-refractivity contribution in [3.05, 3.63) is 0 Å². The van der Waals surface area contributed by atoms with Gasteiger partial charge in [-0.05, 0) is 0 Å². The summed E-state index contributed by atoms with van der Waals surface area (Å²) in [6.07, 6.45) is 0. The van der Waals surface area contributed by atoms with Crippen molar-refractivity contribution in [2.24, 2.45) is 0 Å². The molecule has 86 valence electrons. The van der Waals surface area contributed by atoms with E-state index in [0.29, 0.717) is 26.3 Å². The van der Waals surface area contributed by atoms with E-state index in [9.17, 15) is 9.59 Å². The van der Waals surface area contributed by atoms with Gasteiger partial charge in [-0.3, -0.25) is 10.3 Å². The van der Waals surface area contributed by atoms with Crippen molar-refractivity contribution in [3.63, 3.8) is 0 Å². The number of carboxylic acids is 1. The number of hydrogen-bond acceptors (Lipinski definition) is 5. The smallest absolute Gasteiger partial charge is 0.353 e. The highest BCUT2D eigenvalue weighted by Crippen LogP contribution is 1.91. The molecule has 0 unspecified atom stereocenters. The molecule has 8 heteroatoms. The lowest BCUT2D eigenvalue weighted by atomic mass is 10.5. The number of urea groups is 1. The average molecular weight is 219 g/mol. The number of morpholine rings is 1. The van der Waals surface area contributed by atoms with Crippen molar-refractivity contribution < 1.29 is 24.3 Å². The minimum Gasteiger partial charge on any atom is -0.479 e. The van der Waals surface area contributed by atoms with E-state index in [1.807, 2.05) is 5.48 Å². The molecule has 1 aliphatic rings. The van der Waals surface area contributed by atoms with Crippen LogP contribution in [0.5, 0.6) is 0 Å². The van der Waals surface area contributed by atoms with Crippen molar-refractivity contribution in [2.75, 3.05) is 32.9 Å². The summed E-state index contributed by atoms with van der Waals surface area (Å²) in [4.78, 5) is 25.5. The van der Waals surface area contributed by atoms with Gasteiger partial charge in [-0.25, -0.2) is 20.1 Å². The van der Waals surface area contributed by atoms with Crippen LogP contribution in [0.25, 0.3) is 0 Å². The van der Waals surface area contributed by atoms with Crippen LogP contribution < -0.4 is 10.9 Å². The quantitative estimate of drug-likeness (QED) is 0.500. The number of carbonyl (C=O) groups is 2. The number of nitrogens with zero attached hydrogens (tertiary/aromatic N) is 1. The van der Waals surface area contributed by atoms with Crippen molar-refractivity contribution in [2.45, 2.75) is 0 Å². The summed E-state index contributed by atoms with van der Waals surface area (Å²) in [5, 5.41) is 9.88. The van der Waals surface area contributed by atoms with Gasteiger partial charge in [0.2, 0.25) is 0 Å². The Kier molecular flexibility index (Phi) is 4.81. The first-order valence-corrected chi connectivity index (χ1v) is 4.41. The van der Waals surface area contributed by atoms with Gasteiger partial charge in [0.25, 0.3) is 0 Å². The molecule has 8 nitrogen and oxygen atoms in total. The molecular weight excluding hydrogens is 206 g/mol. The summed E-state index contributed by atoms with van der Waals surface area (Å²) in [5.41, 5.74) is 4.43. The fourth-order valence-corrected chi connectivity index (χ4v) is 1.00. The first kappa shape index (κ1) is 11.7. The van der Waals surface area contributed by atoms with Gasteiger partial charge in [-0.2, -0.15) is 0 Å². The Morgan fingerprint density at radius 1 is 1.40 bits per heavy atom. The van der Waals surface area contributed by atoms with Gasteiger partial charge in [0.05, 0.1) is 13.2 Å². The third kappa shape index (κ3) is 5.15. The van der Waals surface area contributed by atoms with E-state index in [0.717, 1.165) is 0 Å². The SMILES string of the molecule is O=C(O)CONC(=O)NN1CCOCC1. The van der Waals surface area contributed by atoms with Gasteiger partial charge in [0.15, 0.2) is 6.61 Å². The van der Waals surface area contributed by atoms with Crippen LogP contribution in [0, 0.1) is 0 Å². The highest BCUT2D eigenvalue weighted by molar-refractivity contribution is 5.72. The Hall–Kier alpha value is -1.38. The molecule has 1 rings (SSSR count). The zero-order valence-corrected chi connectivity index (χ0v) is 8.06. The minimum atomic E-state index is -1.15. The second-order valence-corrected chi connectivity index (χ2v) is 2.82. The average Bonchev–Trinajstić information content (AvgIpc) is 2.18. The van der Waals surface area contributed by atoms with E-state index in [1.165, 1.54) is 0 Å². The van der Waals surface area contributed by atoms with Gasteiger partial charge in [-0.1, -0.05) is 0 Å². The molecule has 0 bridgehead atoms. The Balaban J connectivity index is 2.09. The first-order valence-electron chi connectivity index (χ1n) is 4.41. The molecule has 3 N–H and O–H groups in total. The molecule has 0 radical (unpaired) electrons. The van der Waals surface area contributed by atoms with E-state index >= 15 is 0 Å². The number of hydrogen-bond donors (Lipinski definition) is 3. The van der Waals surface area contributed by atoms with Crippen molar-refractivity contribution in [1.29, 1.82) is 0 Å². The third-order valence-corrected chi connectivity index (χ3v) is 1.63. The number of nitrogens with one attached hydrogen (secondary N) is 2. The number of hydrazine groups is 1. The summed E-state index contributed by atoms with van der Waals surface area (Å²) in [6, 6.07) is -0.599. The lowest BCUT2D eigenvalue weighted by molar-refractivity contribution is -0.144. The molecule has 1 aliphatic heterocycles. The lowest BCUT2D eigenvalue weighted by Crippen LogP contribution is -2.51. The predicted molar refractivity (Wildman–Crippen MR) is 47.6 cm³/mol. The van der Waals surface area contributed by atoms with Crippen LogP contribution in [0.15, 0.2) is 0 Å². The molecule has 0 saturated carbocycles. The number of ether oxygens (including phenoxy) is 1. The molecule has 0 spiro atoms. The lowest BCUT2D eigenvalue weighted by Gasteiger charge is -2.26. The summed E-state index contributed by atoms with van der Waals surface area (Å²) >= 11 is 0. The molecule has 1 saturated heterocycles. The van der Waals surface area contributed by atoms with Gasteiger partial charge in [0, 0.05) is 13.1 Å². The van der Waals surface area contributed by atoms with Crippen LogP contribution in [0.2, 0.25) is 0 Å². The van der Waals surface area contributed by atoms with Crippen LogP contribution in [-0.4, -0.2) is 55.0 Å². The van der Waals surface area contributed by atoms with Crippen LogP contribution in [0.4, 0.5) is 4.79 Å². The molecule has 0 atom stereocenters.